The number of aromatic nitrogens is 6. The lowest BCUT2D eigenvalue weighted by Gasteiger charge is -2.27. The number of fused-ring (bicyclic) bond motifs is 1. The van der Waals surface area contributed by atoms with Gasteiger partial charge in [-0.1, -0.05) is 0 Å². The lowest BCUT2D eigenvalue weighted by molar-refractivity contribution is 0.0701. The van der Waals surface area contributed by atoms with E-state index in [0.29, 0.717) is 25.3 Å². The molecule has 4 heterocycles. The molecule has 0 bridgehead atoms. The summed E-state index contributed by atoms with van der Waals surface area (Å²) in [6, 6.07) is 1.89. The molecule has 8 nitrogen and oxygen atoms in total. The maximum Gasteiger partial charge on any atom is 0.274 e. The molecule has 0 N–H and O–H groups in total. The Morgan fingerprint density at radius 3 is 2.92 bits per heavy atom. The Hall–Kier alpha value is -3.03. The number of aryl methyl sites for hydroxylation is 1. The van der Waals surface area contributed by atoms with Crippen LogP contribution >= 0.6 is 0 Å². The topological polar surface area (TPSA) is 81.7 Å². The van der Waals surface area contributed by atoms with Gasteiger partial charge >= 0.3 is 0 Å². The first kappa shape index (κ1) is 14.6. The number of hydrogen-bond acceptors (Lipinski definition) is 5. The van der Waals surface area contributed by atoms with Gasteiger partial charge in [-0.05, 0) is 13.0 Å². The van der Waals surface area contributed by atoms with Crippen LogP contribution in [0.3, 0.4) is 0 Å². The summed E-state index contributed by atoms with van der Waals surface area (Å²) >= 11 is 0. The van der Waals surface area contributed by atoms with Gasteiger partial charge in [-0.2, -0.15) is 5.10 Å². The highest BCUT2D eigenvalue weighted by Crippen LogP contribution is 2.15. The van der Waals surface area contributed by atoms with Crippen LogP contribution in [0, 0.1) is 6.92 Å². The van der Waals surface area contributed by atoms with E-state index in [-0.39, 0.29) is 5.91 Å². The van der Waals surface area contributed by atoms with Crippen molar-refractivity contribution in [3.8, 4) is 0 Å². The second kappa shape index (κ2) is 5.88. The van der Waals surface area contributed by atoms with E-state index >= 15 is 0 Å². The van der Waals surface area contributed by atoms with Crippen molar-refractivity contribution in [1.82, 2.24) is 34.2 Å². The fourth-order valence-corrected chi connectivity index (χ4v) is 2.79. The van der Waals surface area contributed by atoms with Crippen LogP contribution in [0.1, 0.15) is 27.7 Å². The molecular weight excluding hydrogens is 306 g/mol. The fraction of sp³-hybridized carbons (Fsp3) is 0.312. The predicted octanol–water partition coefficient (Wildman–Crippen LogP) is 0.882. The van der Waals surface area contributed by atoms with Gasteiger partial charge in [0.05, 0.1) is 30.7 Å². The molecule has 8 heteroatoms. The molecule has 0 aliphatic carbocycles. The van der Waals surface area contributed by atoms with E-state index in [9.17, 15) is 4.79 Å². The highest BCUT2D eigenvalue weighted by molar-refractivity contribution is 5.92. The first-order valence-electron chi connectivity index (χ1n) is 7.79. The average Bonchev–Trinajstić information content (AvgIpc) is 3.23. The number of amides is 1. The minimum Gasteiger partial charge on any atom is -0.331 e. The van der Waals surface area contributed by atoms with Crippen LogP contribution in [-0.4, -0.2) is 46.7 Å². The second-order valence-electron chi connectivity index (χ2n) is 5.82. The number of imidazole rings is 1. The van der Waals surface area contributed by atoms with Crippen LogP contribution in [-0.2, 0) is 19.6 Å². The summed E-state index contributed by atoms with van der Waals surface area (Å²) in [6.45, 7) is 4.32. The van der Waals surface area contributed by atoms with Crippen LogP contribution in [0.5, 0.6) is 0 Å². The van der Waals surface area contributed by atoms with Gasteiger partial charge in [0.2, 0.25) is 0 Å². The van der Waals surface area contributed by atoms with Crippen molar-refractivity contribution in [2.24, 2.45) is 0 Å². The standard InChI is InChI=1S/C16H17N7O/c1-12-7-18-14(8-17-12)16(24)22-6-5-21-9-13(20-15(21)11-22)10-23-4-2-3-19-23/h2-4,7-9H,5-6,10-11H2,1H3. The molecule has 0 saturated carbocycles. The predicted molar refractivity (Wildman–Crippen MR) is 85.1 cm³/mol. The Kier molecular flexibility index (Phi) is 3.56. The zero-order chi connectivity index (χ0) is 16.5. The zero-order valence-electron chi connectivity index (χ0n) is 13.3. The molecule has 24 heavy (non-hydrogen) atoms. The van der Waals surface area contributed by atoms with E-state index in [1.165, 1.54) is 6.20 Å². The summed E-state index contributed by atoms with van der Waals surface area (Å²) in [7, 11) is 0. The van der Waals surface area contributed by atoms with Gasteiger partial charge in [0, 0.05) is 37.9 Å². The van der Waals surface area contributed by atoms with Crippen LogP contribution in [0.2, 0.25) is 0 Å². The number of carbonyl (C=O) groups is 1. The Labute approximate surface area is 138 Å². The molecule has 0 saturated heterocycles. The monoisotopic (exact) mass is 323 g/mol. The molecule has 1 amide bonds. The zero-order valence-corrected chi connectivity index (χ0v) is 13.3. The van der Waals surface area contributed by atoms with Crippen molar-refractivity contribution in [1.29, 1.82) is 0 Å². The molecule has 3 aromatic heterocycles. The lowest BCUT2D eigenvalue weighted by atomic mass is 10.3. The molecule has 0 unspecified atom stereocenters. The van der Waals surface area contributed by atoms with E-state index in [1.807, 2.05) is 30.1 Å². The molecule has 1 aliphatic heterocycles. The van der Waals surface area contributed by atoms with E-state index in [0.717, 1.165) is 23.8 Å². The Balaban J connectivity index is 1.50. The highest BCUT2D eigenvalue weighted by Gasteiger charge is 2.24. The van der Waals surface area contributed by atoms with Crippen LogP contribution < -0.4 is 0 Å². The molecular formula is C16H17N7O. The molecule has 1 aliphatic rings. The summed E-state index contributed by atoms with van der Waals surface area (Å²) < 4.78 is 3.93. The van der Waals surface area contributed by atoms with Crippen LogP contribution in [0.25, 0.3) is 0 Å². The minimum atomic E-state index is -0.106. The first-order valence-corrected chi connectivity index (χ1v) is 7.79. The summed E-state index contributed by atoms with van der Waals surface area (Å²) in [5.41, 5.74) is 2.11. The van der Waals surface area contributed by atoms with Gasteiger partial charge in [0.25, 0.3) is 5.91 Å². The Morgan fingerprint density at radius 2 is 2.17 bits per heavy atom. The molecule has 0 radical (unpaired) electrons. The summed E-state index contributed by atoms with van der Waals surface area (Å²) in [6.07, 6.45) is 8.83. The average molecular weight is 323 g/mol. The van der Waals surface area contributed by atoms with E-state index in [1.54, 1.807) is 17.3 Å². The molecule has 3 aromatic rings. The molecule has 0 fully saturated rings. The van der Waals surface area contributed by atoms with Crippen molar-refractivity contribution in [2.75, 3.05) is 6.54 Å². The maximum atomic E-state index is 12.6. The summed E-state index contributed by atoms with van der Waals surface area (Å²) in [5.74, 6) is 0.780. The molecule has 0 spiro atoms. The van der Waals surface area contributed by atoms with E-state index in [2.05, 4.69) is 24.6 Å². The number of rotatable bonds is 3. The number of nitrogens with zero attached hydrogens (tertiary/aromatic N) is 7. The summed E-state index contributed by atoms with van der Waals surface area (Å²) in [5, 5.41) is 4.20. The number of carbonyl (C=O) groups excluding carboxylic acids is 1. The van der Waals surface area contributed by atoms with Gasteiger partial charge in [-0.25, -0.2) is 9.97 Å². The van der Waals surface area contributed by atoms with Crippen molar-refractivity contribution in [2.45, 2.75) is 26.6 Å². The van der Waals surface area contributed by atoms with Crippen molar-refractivity contribution < 1.29 is 4.79 Å². The van der Waals surface area contributed by atoms with Gasteiger partial charge in [-0.3, -0.25) is 14.5 Å². The smallest absolute Gasteiger partial charge is 0.274 e. The van der Waals surface area contributed by atoms with Gasteiger partial charge in [0.15, 0.2) is 0 Å². The van der Waals surface area contributed by atoms with Gasteiger partial charge in [-0.15, -0.1) is 0 Å². The third kappa shape index (κ3) is 2.78. The van der Waals surface area contributed by atoms with E-state index in [4.69, 9.17) is 0 Å². The fourth-order valence-electron chi connectivity index (χ4n) is 2.79. The van der Waals surface area contributed by atoms with Gasteiger partial charge in [0.1, 0.15) is 11.5 Å². The normalized spacial score (nSPS) is 13.8. The SMILES string of the molecule is Cc1cnc(C(=O)N2CCn3cc(Cn4cccn4)nc3C2)cn1. The summed E-state index contributed by atoms with van der Waals surface area (Å²) in [4.78, 5) is 27.3. The van der Waals surface area contributed by atoms with Crippen molar-refractivity contribution >= 4 is 5.91 Å². The van der Waals surface area contributed by atoms with Crippen LogP contribution in [0.15, 0.2) is 37.1 Å². The quantitative estimate of drug-likeness (QED) is 0.715. The molecule has 0 atom stereocenters. The largest absolute Gasteiger partial charge is 0.331 e. The minimum absolute atomic E-state index is 0.106. The molecule has 4 rings (SSSR count). The third-order valence-electron chi connectivity index (χ3n) is 4.02. The molecule has 122 valence electrons. The second-order valence-corrected chi connectivity index (χ2v) is 5.82. The highest BCUT2D eigenvalue weighted by atomic mass is 16.2. The first-order chi connectivity index (χ1) is 11.7. The third-order valence-corrected chi connectivity index (χ3v) is 4.02. The van der Waals surface area contributed by atoms with Crippen molar-refractivity contribution in [3.63, 3.8) is 0 Å². The van der Waals surface area contributed by atoms with Gasteiger partial charge < -0.3 is 9.47 Å². The number of hydrogen-bond donors (Lipinski definition) is 0. The Bertz CT molecular complexity index is 851. The maximum absolute atomic E-state index is 12.6. The Morgan fingerprint density at radius 1 is 1.25 bits per heavy atom. The van der Waals surface area contributed by atoms with E-state index < -0.39 is 0 Å². The molecule has 0 aromatic carbocycles. The van der Waals surface area contributed by atoms with Crippen molar-refractivity contribution in [3.05, 3.63) is 60.0 Å². The van der Waals surface area contributed by atoms with Crippen LogP contribution in [0.4, 0.5) is 0 Å². The lowest BCUT2D eigenvalue weighted by Crippen LogP contribution is -2.38.